The second-order valence-corrected chi connectivity index (χ2v) is 7.20. The minimum atomic E-state index is -0.679. The number of benzene rings is 2. The molecule has 2 aromatic rings. The first-order valence-electron chi connectivity index (χ1n) is 7.80. The zero-order chi connectivity index (χ0) is 17.9. The maximum atomic E-state index is 13.6. The lowest BCUT2D eigenvalue weighted by Crippen LogP contribution is -2.31. The smallest absolute Gasteiger partial charge is 0.171 e. The van der Waals surface area contributed by atoms with Gasteiger partial charge in [0.05, 0.1) is 6.04 Å². The fraction of sp³-hybridized carbons (Fsp3) is 0.316. The SMILES string of the molecule is C[C@@H](NC(=S)Nc1c(F)cccc1F)c1ccc(C(C)(C)C)cc1. The van der Waals surface area contributed by atoms with Crippen molar-refractivity contribution in [1.82, 2.24) is 5.32 Å². The molecule has 128 valence electrons. The molecule has 0 amide bonds. The van der Waals surface area contributed by atoms with Crippen LogP contribution < -0.4 is 10.6 Å². The second kappa shape index (κ2) is 7.26. The van der Waals surface area contributed by atoms with Crippen LogP contribution in [-0.2, 0) is 5.41 Å². The van der Waals surface area contributed by atoms with E-state index in [1.807, 2.05) is 19.1 Å². The largest absolute Gasteiger partial charge is 0.356 e. The van der Waals surface area contributed by atoms with Crippen molar-refractivity contribution in [3.63, 3.8) is 0 Å². The highest BCUT2D eigenvalue weighted by atomic mass is 32.1. The number of hydrogen-bond acceptors (Lipinski definition) is 1. The van der Waals surface area contributed by atoms with Gasteiger partial charge in [0, 0.05) is 0 Å². The van der Waals surface area contributed by atoms with Gasteiger partial charge in [0.2, 0.25) is 0 Å². The maximum Gasteiger partial charge on any atom is 0.171 e. The molecule has 0 aliphatic heterocycles. The molecule has 0 spiro atoms. The number of rotatable bonds is 3. The topological polar surface area (TPSA) is 24.1 Å². The molecular weight excluding hydrogens is 326 g/mol. The highest BCUT2D eigenvalue weighted by Crippen LogP contribution is 2.24. The number of hydrogen-bond donors (Lipinski definition) is 2. The molecule has 0 saturated heterocycles. The van der Waals surface area contributed by atoms with Crippen LogP contribution >= 0.6 is 12.2 Å². The molecule has 2 nitrogen and oxygen atoms in total. The fourth-order valence-electron chi connectivity index (χ4n) is 2.32. The number of nitrogens with one attached hydrogen (secondary N) is 2. The van der Waals surface area contributed by atoms with Gasteiger partial charge >= 0.3 is 0 Å². The van der Waals surface area contributed by atoms with Crippen molar-refractivity contribution >= 4 is 23.0 Å². The van der Waals surface area contributed by atoms with Crippen molar-refractivity contribution in [2.24, 2.45) is 0 Å². The zero-order valence-electron chi connectivity index (χ0n) is 14.3. The van der Waals surface area contributed by atoms with Gasteiger partial charge in [0.25, 0.3) is 0 Å². The van der Waals surface area contributed by atoms with Crippen molar-refractivity contribution in [2.45, 2.75) is 39.2 Å². The predicted molar refractivity (Wildman–Crippen MR) is 99.3 cm³/mol. The molecule has 0 saturated carbocycles. The average molecular weight is 348 g/mol. The molecule has 0 aromatic heterocycles. The predicted octanol–water partition coefficient (Wildman–Crippen LogP) is 5.31. The van der Waals surface area contributed by atoms with Gasteiger partial charge in [-0.3, -0.25) is 0 Å². The Balaban J connectivity index is 2.04. The Bertz CT molecular complexity index is 701. The van der Waals surface area contributed by atoms with E-state index in [2.05, 4.69) is 43.5 Å². The molecule has 2 N–H and O–H groups in total. The highest BCUT2D eigenvalue weighted by molar-refractivity contribution is 7.80. The highest BCUT2D eigenvalue weighted by Gasteiger charge is 2.15. The molecular formula is C19H22F2N2S. The van der Waals surface area contributed by atoms with E-state index >= 15 is 0 Å². The first-order chi connectivity index (χ1) is 11.2. The summed E-state index contributed by atoms with van der Waals surface area (Å²) in [5.74, 6) is -1.36. The van der Waals surface area contributed by atoms with Gasteiger partial charge in [0.1, 0.15) is 17.3 Å². The van der Waals surface area contributed by atoms with Crippen molar-refractivity contribution in [1.29, 1.82) is 0 Å². The molecule has 0 heterocycles. The number of halogens is 2. The molecule has 0 aliphatic carbocycles. The first-order valence-corrected chi connectivity index (χ1v) is 8.21. The summed E-state index contributed by atoms with van der Waals surface area (Å²) in [7, 11) is 0. The molecule has 2 rings (SSSR count). The Hall–Kier alpha value is -2.01. The summed E-state index contributed by atoms with van der Waals surface area (Å²) in [4.78, 5) is 0. The third-order valence-electron chi connectivity index (χ3n) is 3.83. The fourth-order valence-corrected chi connectivity index (χ4v) is 2.60. The first kappa shape index (κ1) is 18.3. The van der Waals surface area contributed by atoms with Crippen LogP contribution in [0.4, 0.5) is 14.5 Å². The van der Waals surface area contributed by atoms with E-state index in [9.17, 15) is 8.78 Å². The van der Waals surface area contributed by atoms with E-state index < -0.39 is 11.6 Å². The van der Waals surface area contributed by atoms with Crippen molar-refractivity contribution in [3.8, 4) is 0 Å². The van der Waals surface area contributed by atoms with Crippen LogP contribution in [-0.4, -0.2) is 5.11 Å². The van der Waals surface area contributed by atoms with E-state index in [-0.39, 0.29) is 22.3 Å². The van der Waals surface area contributed by atoms with E-state index in [1.165, 1.54) is 23.8 Å². The summed E-state index contributed by atoms with van der Waals surface area (Å²) in [6.45, 7) is 8.42. The lowest BCUT2D eigenvalue weighted by atomic mass is 9.86. The molecule has 1 atom stereocenters. The summed E-state index contributed by atoms with van der Waals surface area (Å²) in [5, 5.41) is 5.80. The minimum absolute atomic E-state index is 0.0890. The van der Waals surface area contributed by atoms with Gasteiger partial charge in [-0.05, 0) is 47.8 Å². The van der Waals surface area contributed by atoms with Crippen LogP contribution in [0.3, 0.4) is 0 Å². The molecule has 0 bridgehead atoms. The quantitative estimate of drug-likeness (QED) is 0.735. The molecule has 0 unspecified atom stereocenters. The van der Waals surface area contributed by atoms with Crippen LogP contribution in [0.15, 0.2) is 42.5 Å². The van der Waals surface area contributed by atoms with Crippen molar-refractivity contribution in [3.05, 3.63) is 65.2 Å². The van der Waals surface area contributed by atoms with Crippen LogP contribution in [0, 0.1) is 11.6 Å². The van der Waals surface area contributed by atoms with Gasteiger partial charge < -0.3 is 10.6 Å². The van der Waals surface area contributed by atoms with Gasteiger partial charge in [-0.2, -0.15) is 0 Å². The van der Waals surface area contributed by atoms with Crippen LogP contribution in [0.1, 0.15) is 44.9 Å². The number of para-hydroxylation sites is 1. The monoisotopic (exact) mass is 348 g/mol. The molecule has 0 fully saturated rings. The van der Waals surface area contributed by atoms with E-state index in [1.54, 1.807) is 0 Å². The third kappa shape index (κ3) is 4.51. The number of anilines is 1. The maximum absolute atomic E-state index is 13.6. The number of thiocarbonyl (C=S) groups is 1. The standard InChI is InChI=1S/C19H22F2N2S/c1-12(13-8-10-14(11-9-13)19(2,3)4)22-18(24)23-17-15(20)6-5-7-16(17)21/h5-12H,1-4H3,(H2,22,23,24)/t12-/m1/s1. The van der Waals surface area contributed by atoms with Gasteiger partial charge in [-0.25, -0.2) is 8.78 Å². The summed E-state index contributed by atoms with van der Waals surface area (Å²) < 4.78 is 27.3. The third-order valence-corrected chi connectivity index (χ3v) is 4.05. The van der Waals surface area contributed by atoms with Gasteiger partial charge in [0.15, 0.2) is 5.11 Å². The van der Waals surface area contributed by atoms with Crippen molar-refractivity contribution < 1.29 is 8.78 Å². The zero-order valence-corrected chi connectivity index (χ0v) is 15.1. The lowest BCUT2D eigenvalue weighted by molar-refractivity contribution is 0.589. The molecule has 2 aromatic carbocycles. The Kier molecular flexibility index (Phi) is 5.54. The van der Waals surface area contributed by atoms with E-state index in [0.717, 1.165) is 5.56 Å². The van der Waals surface area contributed by atoms with Crippen LogP contribution in [0.25, 0.3) is 0 Å². The second-order valence-electron chi connectivity index (χ2n) is 6.79. The minimum Gasteiger partial charge on any atom is -0.356 e. The summed E-state index contributed by atoms with van der Waals surface area (Å²) in [6.07, 6.45) is 0. The molecule has 5 heteroatoms. The molecule has 0 aliphatic rings. The lowest BCUT2D eigenvalue weighted by Gasteiger charge is -2.21. The van der Waals surface area contributed by atoms with E-state index in [0.29, 0.717) is 0 Å². The Morgan fingerprint density at radius 3 is 2.04 bits per heavy atom. The van der Waals surface area contributed by atoms with Crippen molar-refractivity contribution in [2.75, 3.05) is 5.32 Å². The van der Waals surface area contributed by atoms with Gasteiger partial charge in [-0.1, -0.05) is 51.1 Å². The normalized spacial score (nSPS) is 12.6. The summed E-state index contributed by atoms with van der Waals surface area (Å²) >= 11 is 5.16. The molecule has 24 heavy (non-hydrogen) atoms. The van der Waals surface area contributed by atoms with Crippen LogP contribution in [0.2, 0.25) is 0 Å². The summed E-state index contributed by atoms with van der Waals surface area (Å²) in [6, 6.07) is 11.8. The Morgan fingerprint density at radius 2 is 1.54 bits per heavy atom. The van der Waals surface area contributed by atoms with Crippen LogP contribution in [0.5, 0.6) is 0 Å². The van der Waals surface area contributed by atoms with Gasteiger partial charge in [-0.15, -0.1) is 0 Å². The Labute approximate surface area is 147 Å². The Morgan fingerprint density at radius 1 is 1.00 bits per heavy atom. The molecule has 0 radical (unpaired) electrons. The van der Waals surface area contributed by atoms with E-state index in [4.69, 9.17) is 12.2 Å². The summed E-state index contributed by atoms with van der Waals surface area (Å²) in [5.41, 5.74) is 2.13. The average Bonchev–Trinajstić information content (AvgIpc) is 2.50.